The highest BCUT2D eigenvalue weighted by Crippen LogP contribution is 2.24. The van der Waals surface area contributed by atoms with Crippen molar-refractivity contribution in [3.8, 4) is 28.7 Å². The summed E-state index contributed by atoms with van der Waals surface area (Å²) in [5.41, 5.74) is 3.20. The molecule has 2 aromatic heterocycles. The van der Waals surface area contributed by atoms with Gasteiger partial charge in [0.1, 0.15) is 23.9 Å². The summed E-state index contributed by atoms with van der Waals surface area (Å²) in [5, 5.41) is 0. The molecule has 0 aliphatic carbocycles. The third-order valence-electron chi connectivity index (χ3n) is 4.49. The summed E-state index contributed by atoms with van der Waals surface area (Å²) in [7, 11) is 0. The fourth-order valence-electron chi connectivity index (χ4n) is 2.86. The number of aromatic nitrogens is 3. The highest BCUT2D eigenvalue weighted by atomic mass is 19.1. The second-order valence-corrected chi connectivity index (χ2v) is 6.56. The van der Waals surface area contributed by atoms with Crippen LogP contribution in [0.3, 0.4) is 0 Å². The van der Waals surface area contributed by atoms with Gasteiger partial charge < -0.3 is 9.15 Å². The van der Waals surface area contributed by atoms with Crippen LogP contribution in [0.4, 0.5) is 4.39 Å². The van der Waals surface area contributed by atoms with E-state index in [1.165, 1.54) is 12.1 Å². The molecule has 6 heteroatoms. The Morgan fingerprint density at radius 2 is 1.69 bits per heavy atom. The highest BCUT2D eigenvalue weighted by molar-refractivity contribution is 5.55. The topological polar surface area (TPSA) is 61.0 Å². The first-order chi connectivity index (χ1) is 14.1. The van der Waals surface area contributed by atoms with Crippen molar-refractivity contribution in [2.45, 2.75) is 26.9 Å². The molecule has 0 aliphatic heterocycles. The van der Waals surface area contributed by atoms with E-state index in [9.17, 15) is 4.39 Å². The van der Waals surface area contributed by atoms with Gasteiger partial charge in [0.05, 0.1) is 0 Å². The van der Waals surface area contributed by atoms with Crippen molar-refractivity contribution in [3.05, 3.63) is 83.6 Å². The van der Waals surface area contributed by atoms with E-state index in [1.54, 1.807) is 18.2 Å². The van der Waals surface area contributed by atoms with Crippen molar-refractivity contribution in [1.82, 2.24) is 15.0 Å². The molecule has 2 aromatic carbocycles. The molecule has 29 heavy (non-hydrogen) atoms. The molecule has 0 fully saturated rings. The summed E-state index contributed by atoms with van der Waals surface area (Å²) < 4.78 is 24.9. The second-order valence-electron chi connectivity index (χ2n) is 6.56. The van der Waals surface area contributed by atoms with Crippen molar-refractivity contribution < 1.29 is 13.5 Å². The van der Waals surface area contributed by atoms with Crippen LogP contribution in [0.2, 0.25) is 0 Å². The van der Waals surface area contributed by atoms with Crippen molar-refractivity contribution in [3.63, 3.8) is 0 Å². The zero-order chi connectivity index (χ0) is 20.2. The maximum Gasteiger partial charge on any atom is 0.226 e. The summed E-state index contributed by atoms with van der Waals surface area (Å²) in [6, 6.07) is 17.6. The van der Waals surface area contributed by atoms with Crippen molar-refractivity contribution >= 4 is 0 Å². The third kappa shape index (κ3) is 4.32. The van der Waals surface area contributed by atoms with Crippen LogP contribution in [0.25, 0.3) is 22.8 Å². The third-order valence-corrected chi connectivity index (χ3v) is 4.49. The molecule has 0 N–H and O–H groups in total. The molecule has 0 spiro atoms. The minimum atomic E-state index is -0.299. The lowest BCUT2D eigenvalue weighted by molar-refractivity contribution is 0.287. The molecule has 146 valence electrons. The minimum Gasteiger partial charge on any atom is -0.471 e. The van der Waals surface area contributed by atoms with Gasteiger partial charge >= 0.3 is 0 Å². The summed E-state index contributed by atoms with van der Waals surface area (Å²) in [6.45, 7) is 4.10. The van der Waals surface area contributed by atoms with Crippen LogP contribution in [-0.2, 0) is 13.0 Å². The average Bonchev–Trinajstić information content (AvgIpc) is 3.13. The summed E-state index contributed by atoms with van der Waals surface area (Å²) >= 11 is 0. The first-order valence-electron chi connectivity index (χ1n) is 9.41. The highest BCUT2D eigenvalue weighted by Gasteiger charge is 2.13. The number of benzene rings is 2. The normalized spacial score (nSPS) is 10.9. The van der Waals surface area contributed by atoms with Crippen molar-refractivity contribution in [1.29, 1.82) is 0 Å². The quantitative estimate of drug-likeness (QED) is 0.443. The van der Waals surface area contributed by atoms with E-state index in [0.717, 1.165) is 23.2 Å². The molecule has 4 rings (SSSR count). The lowest BCUT2D eigenvalue weighted by Gasteiger charge is -2.08. The van der Waals surface area contributed by atoms with Crippen LogP contribution in [0.1, 0.15) is 24.1 Å². The number of oxazole rings is 1. The van der Waals surface area contributed by atoms with Crippen LogP contribution in [-0.4, -0.2) is 15.0 Å². The Balaban J connectivity index is 1.56. The zero-order valence-corrected chi connectivity index (χ0v) is 16.2. The van der Waals surface area contributed by atoms with Gasteiger partial charge in [0.25, 0.3) is 0 Å². The SMILES string of the molecule is CCc1cc(OCc2nc(-c3ccccc3)oc2C)nc(-c2ccc(F)cc2)n1. The molecule has 0 saturated carbocycles. The van der Waals surface area contributed by atoms with E-state index in [0.29, 0.717) is 29.0 Å². The average molecular weight is 389 g/mol. The van der Waals surface area contributed by atoms with Gasteiger partial charge in [-0.3, -0.25) is 0 Å². The van der Waals surface area contributed by atoms with Crippen LogP contribution < -0.4 is 4.74 Å². The first-order valence-corrected chi connectivity index (χ1v) is 9.41. The van der Waals surface area contributed by atoms with Gasteiger partial charge in [-0.15, -0.1) is 0 Å². The van der Waals surface area contributed by atoms with Crippen molar-refractivity contribution in [2.75, 3.05) is 0 Å². The second kappa shape index (κ2) is 8.22. The molecule has 0 aliphatic rings. The molecule has 2 heterocycles. The molecule has 0 bridgehead atoms. The van der Waals surface area contributed by atoms with E-state index in [2.05, 4.69) is 15.0 Å². The Bertz CT molecular complexity index is 1110. The van der Waals surface area contributed by atoms with E-state index in [4.69, 9.17) is 9.15 Å². The van der Waals surface area contributed by atoms with Gasteiger partial charge in [0.15, 0.2) is 5.82 Å². The smallest absolute Gasteiger partial charge is 0.226 e. The molecule has 0 saturated heterocycles. The van der Waals surface area contributed by atoms with Gasteiger partial charge in [-0.25, -0.2) is 14.4 Å². The van der Waals surface area contributed by atoms with Crippen LogP contribution in [0.5, 0.6) is 5.88 Å². The van der Waals surface area contributed by atoms with E-state index >= 15 is 0 Å². The number of halogens is 1. The Morgan fingerprint density at radius 1 is 0.931 bits per heavy atom. The molecule has 0 atom stereocenters. The van der Waals surface area contributed by atoms with E-state index < -0.39 is 0 Å². The number of hydrogen-bond donors (Lipinski definition) is 0. The number of ether oxygens (including phenoxy) is 1. The predicted octanol–water partition coefficient (Wildman–Crippen LogP) is 5.39. The number of aryl methyl sites for hydroxylation is 2. The standard InChI is InChI=1S/C23H20FN3O2/c1-3-19-13-21(27-22(25-19)16-9-11-18(24)12-10-16)28-14-20-15(2)29-23(26-20)17-7-5-4-6-8-17/h4-13H,3,14H2,1-2H3. The molecular weight excluding hydrogens is 369 g/mol. The number of rotatable bonds is 6. The fourth-order valence-corrected chi connectivity index (χ4v) is 2.86. The summed E-state index contributed by atoms with van der Waals surface area (Å²) in [4.78, 5) is 13.5. The van der Waals surface area contributed by atoms with Gasteiger partial charge in [-0.05, 0) is 49.7 Å². The number of nitrogens with zero attached hydrogens (tertiary/aromatic N) is 3. The van der Waals surface area contributed by atoms with Crippen LogP contribution in [0.15, 0.2) is 65.1 Å². The molecule has 5 nitrogen and oxygen atoms in total. The van der Waals surface area contributed by atoms with Gasteiger partial charge in [0, 0.05) is 22.9 Å². The Kier molecular flexibility index (Phi) is 5.33. The van der Waals surface area contributed by atoms with E-state index in [1.807, 2.05) is 44.2 Å². The largest absolute Gasteiger partial charge is 0.471 e. The van der Waals surface area contributed by atoms with Crippen LogP contribution >= 0.6 is 0 Å². The maximum absolute atomic E-state index is 13.2. The van der Waals surface area contributed by atoms with Crippen LogP contribution in [0, 0.1) is 12.7 Å². The Hall–Kier alpha value is -3.54. The summed E-state index contributed by atoms with van der Waals surface area (Å²) in [5.74, 6) is 1.91. The Morgan fingerprint density at radius 3 is 2.41 bits per heavy atom. The molecule has 0 unspecified atom stereocenters. The lowest BCUT2D eigenvalue weighted by atomic mass is 10.2. The van der Waals surface area contributed by atoms with Gasteiger partial charge in [-0.2, -0.15) is 4.98 Å². The lowest BCUT2D eigenvalue weighted by Crippen LogP contribution is -2.03. The Labute approximate surface area is 168 Å². The first kappa shape index (κ1) is 18.8. The predicted molar refractivity (Wildman–Crippen MR) is 108 cm³/mol. The maximum atomic E-state index is 13.2. The van der Waals surface area contributed by atoms with Crippen molar-refractivity contribution in [2.24, 2.45) is 0 Å². The molecule has 0 radical (unpaired) electrons. The zero-order valence-electron chi connectivity index (χ0n) is 16.2. The minimum absolute atomic E-state index is 0.227. The van der Waals surface area contributed by atoms with E-state index in [-0.39, 0.29) is 12.4 Å². The number of hydrogen-bond acceptors (Lipinski definition) is 5. The molecule has 0 amide bonds. The fraction of sp³-hybridized carbons (Fsp3) is 0.174. The molecular formula is C23H20FN3O2. The summed E-state index contributed by atoms with van der Waals surface area (Å²) in [6.07, 6.45) is 0.730. The van der Waals surface area contributed by atoms with Gasteiger partial charge in [-0.1, -0.05) is 25.1 Å². The van der Waals surface area contributed by atoms with Gasteiger partial charge in [0.2, 0.25) is 11.8 Å². The monoisotopic (exact) mass is 389 g/mol. The molecule has 4 aromatic rings.